The average molecular weight is 287 g/mol. The van der Waals surface area contributed by atoms with Crippen molar-refractivity contribution in [1.82, 2.24) is 10.2 Å². The molecule has 1 amide bonds. The first-order valence-corrected chi connectivity index (χ1v) is 6.21. The number of nitrogens with zero attached hydrogens (tertiary/aromatic N) is 1. The second kappa shape index (κ2) is 10.8. The smallest absolute Gasteiger partial charge is 0.236 e. The zero-order valence-corrected chi connectivity index (χ0v) is 12.4. The van der Waals surface area contributed by atoms with Crippen LogP contribution in [0.15, 0.2) is 30.3 Å². The molecule has 0 saturated carbocycles. The van der Waals surface area contributed by atoms with Gasteiger partial charge in [0.15, 0.2) is 0 Å². The number of hydrogen-bond donors (Lipinski definition) is 1. The Hall–Kier alpha value is -1.10. The Morgan fingerprint density at radius 3 is 2.63 bits per heavy atom. The normalized spacial score (nSPS) is 9.79. The van der Waals surface area contributed by atoms with Crippen LogP contribution in [0.3, 0.4) is 0 Å². The second-order valence-electron chi connectivity index (χ2n) is 4.22. The van der Waals surface area contributed by atoms with Crippen LogP contribution in [0.1, 0.15) is 5.56 Å². The predicted octanol–water partition coefficient (Wildman–Crippen LogP) is 1.35. The average Bonchev–Trinajstić information content (AvgIpc) is 2.42. The lowest BCUT2D eigenvalue weighted by Crippen LogP contribution is -2.37. The van der Waals surface area contributed by atoms with Crippen LogP contribution in [0, 0.1) is 0 Å². The molecule has 1 rings (SSSR count). The Morgan fingerprint density at radius 2 is 2.00 bits per heavy atom. The standard InChI is InChI=1S/C14H22N2O2.ClH/c1-16(14(17)12-15-9-11-18-2)10-8-13-6-4-3-5-7-13;/h3-7,15H,8-12H2,1-2H3;1H. The fourth-order valence-corrected chi connectivity index (χ4v) is 1.57. The number of carbonyl (C=O) groups excluding carboxylic acids is 1. The first-order valence-electron chi connectivity index (χ1n) is 6.21. The van der Waals surface area contributed by atoms with Crippen LogP contribution < -0.4 is 5.32 Å². The highest BCUT2D eigenvalue weighted by Gasteiger charge is 2.07. The molecule has 0 spiro atoms. The van der Waals surface area contributed by atoms with E-state index >= 15 is 0 Å². The van der Waals surface area contributed by atoms with Crippen LogP contribution >= 0.6 is 12.4 Å². The van der Waals surface area contributed by atoms with Gasteiger partial charge in [0, 0.05) is 27.2 Å². The topological polar surface area (TPSA) is 41.6 Å². The second-order valence-corrected chi connectivity index (χ2v) is 4.22. The highest BCUT2D eigenvalue weighted by atomic mass is 35.5. The van der Waals surface area contributed by atoms with Gasteiger partial charge in [-0.25, -0.2) is 0 Å². The summed E-state index contributed by atoms with van der Waals surface area (Å²) in [6.45, 7) is 2.44. The van der Waals surface area contributed by atoms with Gasteiger partial charge in [-0.3, -0.25) is 4.79 Å². The van der Waals surface area contributed by atoms with E-state index in [4.69, 9.17) is 4.74 Å². The molecule has 1 aromatic carbocycles. The molecule has 4 nitrogen and oxygen atoms in total. The minimum Gasteiger partial charge on any atom is -0.383 e. The third-order valence-corrected chi connectivity index (χ3v) is 2.76. The maximum Gasteiger partial charge on any atom is 0.236 e. The maximum absolute atomic E-state index is 11.8. The number of carbonyl (C=O) groups is 1. The number of ether oxygens (including phenoxy) is 1. The first-order chi connectivity index (χ1) is 8.74. The number of amides is 1. The van der Waals surface area contributed by atoms with Crippen LogP contribution in [-0.2, 0) is 16.0 Å². The van der Waals surface area contributed by atoms with Crippen molar-refractivity contribution in [3.05, 3.63) is 35.9 Å². The van der Waals surface area contributed by atoms with Crippen LogP contribution in [0.25, 0.3) is 0 Å². The summed E-state index contributed by atoms with van der Waals surface area (Å²) in [5, 5.41) is 3.05. The minimum absolute atomic E-state index is 0. The summed E-state index contributed by atoms with van der Waals surface area (Å²) in [7, 11) is 3.48. The summed E-state index contributed by atoms with van der Waals surface area (Å²) < 4.78 is 4.90. The molecule has 0 unspecified atom stereocenters. The molecular formula is C14H23ClN2O2. The predicted molar refractivity (Wildman–Crippen MR) is 79.8 cm³/mol. The van der Waals surface area contributed by atoms with Gasteiger partial charge in [-0.15, -0.1) is 12.4 Å². The van der Waals surface area contributed by atoms with Crippen molar-refractivity contribution >= 4 is 18.3 Å². The van der Waals surface area contributed by atoms with Gasteiger partial charge in [-0.05, 0) is 12.0 Å². The zero-order chi connectivity index (χ0) is 13.2. The molecule has 1 aromatic rings. The SMILES string of the molecule is COCCNCC(=O)N(C)CCc1ccccc1.Cl. The van der Waals surface area contributed by atoms with Gasteiger partial charge in [0.1, 0.15) is 0 Å². The summed E-state index contributed by atoms with van der Waals surface area (Å²) in [5.74, 6) is 0.113. The van der Waals surface area contributed by atoms with E-state index in [0.29, 0.717) is 19.7 Å². The Labute approximate surface area is 121 Å². The number of halogens is 1. The monoisotopic (exact) mass is 286 g/mol. The van der Waals surface area contributed by atoms with E-state index in [0.717, 1.165) is 13.0 Å². The van der Waals surface area contributed by atoms with Crippen LogP contribution in [-0.4, -0.2) is 51.2 Å². The fourth-order valence-electron chi connectivity index (χ4n) is 1.57. The molecule has 0 saturated heterocycles. The van der Waals surface area contributed by atoms with Gasteiger partial charge in [0.2, 0.25) is 5.91 Å². The molecule has 0 bridgehead atoms. The van der Waals surface area contributed by atoms with E-state index < -0.39 is 0 Å². The van der Waals surface area contributed by atoms with Crippen molar-refractivity contribution in [3.8, 4) is 0 Å². The Kier molecular flexibility index (Phi) is 10.2. The summed E-state index contributed by atoms with van der Waals surface area (Å²) in [5.41, 5.74) is 1.25. The van der Waals surface area contributed by atoms with Gasteiger partial charge in [0.05, 0.1) is 13.2 Å². The van der Waals surface area contributed by atoms with E-state index in [-0.39, 0.29) is 18.3 Å². The maximum atomic E-state index is 11.8. The van der Waals surface area contributed by atoms with Crippen molar-refractivity contribution in [1.29, 1.82) is 0 Å². The molecule has 0 aliphatic carbocycles. The number of hydrogen-bond acceptors (Lipinski definition) is 3. The Bertz CT molecular complexity index is 347. The summed E-state index contributed by atoms with van der Waals surface area (Å²) >= 11 is 0. The molecule has 5 heteroatoms. The van der Waals surface area contributed by atoms with Gasteiger partial charge in [-0.2, -0.15) is 0 Å². The van der Waals surface area contributed by atoms with E-state index in [9.17, 15) is 4.79 Å². The quantitative estimate of drug-likeness (QED) is 0.734. The van der Waals surface area contributed by atoms with Crippen LogP contribution in [0.2, 0.25) is 0 Å². The number of methoxy groups -OCH3 is 1. The van der Waals surface area contributed by atoms with E-state index in [1.54, 1.807) is 12.0 Å². The molecule has 0 atom stereocenters. The first kappa shape index (κ1) is 17.9. The van der Waals surface area contributed by atoms with Crippen molar-refractivity contribution in [2.75, 3.05) is 40.4 Å². The van der Waals surface area contributed by atoms with Gasteiger partial charge in [0.25, 0.3) is 0 Å². The fraction of sp³-hybridized carbons (Fsp3) is 0.500. The van der Waals surface area contributed by atoms with Gasteiger partial charge < -0.3 is 15.0 Å². The molecule has 0 aliphatic heterocycles. The summed E-state index contributed by atoms with van der Waals surface area (Å²) in [6, 6.07) is 10.2. The number of nitrogens with one attached hydrogen (secondary N) is 1. The highest BCUT2D eigenvalue weighted by Crippen LogP contribution is 2.00. The largest absolute Gasteiger partial charge is 0.383 e. The lowest BCUT2D eigenvalue weighted by Gasteiger charge is -2.17. The molecule has 0 fully saturated rings. The van der Waals surface area contributed by atoms with Crippen molar-refractivity contribution in [3.63, 3.8) is 0 Å². The van der Waals surface area contributed by atoms with Crippen LogP contribution in [0.5, 0.6) is 0 Å². The van der Waals surface area contributed by atoms with E-state index in [2.05, 4.69) is 17.4 Å². The lowest BCUT2D eigenvalue weighted by atomic mass is 10.1. The van der Waals surface area contributed by atoms with Crippen molar-refractivity contribution in [2.24, 2.45) is 0 Å². The molecule has 0 heterocycles. The lowest BCUT2D eigenvalue weighted by molar-refractivity contribution is -0.128. The number of rotatable bonds is 8. The molecule has 0 radical (unpaired) electrons. The number of likely N-dealkylation sites (N-methyl/N-ethyl adjacent to an activating group) is 1. The van der Waals surface area contributed by atoms with E-state index in [1.165, 1.54) is 5.56 Å². The minimum atomic E-state index is 0. The van der Waals surface area contributed by atoms with Crippen molar-refractivity contribution in [2.45, 2.75) is 6.42 Å². The molecule has 0 aromatic heterocycles. The Morgan fingerprint density at radius 1 is 1.32 bits per heavy atom. The molecule has 108 valence electrons. The zero-order valence-electron chi connectivity index (χ0n) is 11.6. The van der Waals surface area contributed by atoms with Gasteiger partial charge >= 0.3 is 0 Å². The molecule has 1 N–H and O–H groups in total. The van der Waals surface area contributed by atoms with Gasteiger partial charge in [-0.1, -0.05) is 30.3 Å². The molecular weight excluding hydrogens is 264 g/mol. The molecule has 0 aliphatic rings. The number of benzene rings is 1. The van der Waals surface area contributed by atoms with Crippen LogP contribution in [0.4, 0.5) is 0 Å². The van der Waals surface area contributed by atoms with E-state index in [1.807, 2.05) is 25.2 Å². The molecule has 19 heavy (non-hydrogen) atoms. The highest BCUT2D eigenvalue weighted by molar-refractivity contribution is 5.85. The third-order valence-electron chi connectivity index (χ3n) is 2.76. The van der Waals surface area contributed by atoms with Crippen molar-refractivity contribution < 1.29 is 9.53 Å². The third kappa shape index (κ3) is 7.82. The Balaban J connectivity index is 0.00000324. The summed E-state index contributed by atoms with van der Waals surface area (Å²) in [4.78, 5) is 13.5. The summed E-state index contributed by atoms with van der Waals surface area (Å²) in [6.07, 6.45) is 0.890.